The first-order valence-corrected chi connectivity index (χ1v) is 7.36. The zero-order valence-corrected chi connectivity index (χ0v) is 12.3. The third-order valence-corrected chi connectivity index (χ3v) is 4.81. The number of nitrogens with zero attached hydrogens (tertiary/aromatic N) is 3. The molecule has 9 heteroatoms. The van der Waals surface area contributed by atoms with Crippen LogP contribution < -0.4 is 0 Å². The Morgan fingerprint density at radius 3 is 2.55 bits per heavy atom. The molecule has 0 aliphatic heterocycles. The lowest BCUT2D eigenvalue weighted by atomic mass is 10.3. The van der Waals surface area contributed by atoms with Crippen LogP contribution in [-0.4, -0.2) is 30.2 Å². The summed E-state index contributed by atoms with van der Waals surface area (Å²) >= 11 is 5.65. The summed E-state index contributed by atoms with van der Waals surface area (Å²) in [7, 11) is -4.14. The van der Waals surface area contributed by atoms with Crippen LogP contribution in [0.1, 0.15) is 13.8 Å². The maximum atomic E-state index is 12.4. The van der Waals surface area contributed by atoms with E-state index in [0.29, 0.717) is 0 Å². The van der Waals surface area contributed by atoms with E-state index < -0.39 is 31.6 Å². The molecule has 0 N–H and O–H groups in total. The molecule has 0 bridgehead atoms. The smallest absolute Gasteiger partial charge is 0.258 e. The fourth-order valence-electron chi connectivity index (χ4n) is 1.59. The number of hydrogen-bond donors (Lipinski definition) is 0. The van der Waals surface area contributed by atoms with E-state index in [1.165, 1.54) is 6.07 Å². The lowest BCUT2D eigenvalue weighted by Gasteiger charge is -2.22. The Kier molecular flexibility index (Phi) is 5.05. The van der Waals surface area contributed by atoms with E-state index in [2.05, 4.69) is 0 Å². The number of nitro groups is 1. The fraction of sp³-hybridized carbons (Fsp3) is 0.364. The van der Waals surface area contributed by atoms with Crippen LogP contribution in [0.25, 0.3) is 0 Å². The summed E-state index contributed by atoms with van der Waals surface area (Å²) in [5.41, 5.74) is -0.610. The monoisotopic (exact) mass is 317 g/mol. The molecule has 1 aromatic rings. The molecule has 0 unspecified atom stereocenters. The van der Waals surface area contributed by atoms with Gasteiger partial charge >= 0.3 is 0 Å². The molecule has 20 heavy (non-hydrogen) atoms. The first kappa shape index (κ1) is 16.4. The van der Waals surface area contributed by atoms with E-state index in [0.717, 1.165) is 16.4 Å². The van der Waals surface area contributed by atoms with Gasteiger partial charge in [-0.1, -0.05) is 11.6 Å². The lowest BCUT2D eigenvalue weighted by Crippen LogP contribution is -2.37. The van der Waals surface area contributed by atoms with Crippen molar-refractivity contribution in [1.82, 2.24) is 4.31 Å². The van der Waals surface area contributed by atoms with Gasteiger partial charge in [0.2, 0.25) is 0 Å². The van der Waals surface area contributed by atoms with Crippen molar-refractivity contribution in [3.63, 3.8) is 0 Å². The Bertz CT molecular complexity index is 667. The summed E-state index contributed by atoms with van der Waals surface area (Å²) in [6.07, 6.45) is 0. The van der Waals surface area contributed by atoms with Crippen LogP contribution in [0.15, 0.2) is 23.1 Å². The Morgan fingerprint density at radius 2 is 2.10 bits per heavy atom. The molecule has 0 saturated carbocycles. The molecule has 0 spiro atoms. The van der Waals surface area contributed by atoms with Gasteiger partial charge in [-0.15, -0.1) is 0 Å². The second kappa shape index (κ2) is 6.17. The average Bonchev–Trinajstić information content (AvgIpc) is 2.34. The molecule has 0 aliphatic rings. The predicted molar refractivity (Wildman–Crippen MR) is 72.7 cm³/mol. The van der Waals surface area contributed by atoms with Crippen LogP contribution in [0.4, 0.5) is 5.69 Å². The quantitative estimate of drug-likeness (QED) is 0.470. The van der Waals surface area contributed by atoms with Crippen molar-refractivity contribution in [2.24, 2.45) is 0 Å². The topological polar surface area (TPSA) is 104 Å². The second-order valence-corrected chi connectivity index (χ2v) is 6.47. The first-order valence-electron chi connectivity index (χ1n) is 5.54. The molecular weight excluding hydrogens is 306 g/mol. The van der Waals surface area contributed by atoms with Gasteiger partial charge in [-0.05, 0) is 26.0 Å². The number of sulfonamides is 1. The van der Waals surface area contributed by atoms with Gasteiger partial charge in [0.15, 0.2) is 4.90 Å². The van der Waals surface area contributed by atoms with Crippen LogP contribution in [0.2, 0.25) is 5.02 Å². The number of benzene rings is 1. The molecule has 0 atom stereocenters. The SMILES string of the molecule is CC(C)N(CC#N)S(=O)(=O)c1ccc(Cl)cc1[N+](=O)[O-]. The van der Waals surface area contributed by atoms with Crippen LogP contribution in [0.3, 0.4) is 0 Å². The third kappa shape index (κ3) is 3.25. The van der Waals surface area contributed by atoms with Crippen molar-refractivity contribution in [3.05, 3.63) is 33.3 Å². The molecule has 0 aromatic heterocycles. The largest absolute Gasteiger partial charge is 0.290 e. The van der Waals surface area contributed by atoms with E-state index in [9.17, 15) is 18.5 Å². The molecule has 0 radical (unpaired) electrons. The minimum Gasteiger partial charge on any atom is -0.258 e. The van der Waals surface area contributed by atoms with Crippen LogP contribution in [0.5, 0.6) is 0 Å². The Hall–Kier alpha value is -1.69. The minimum absolute atomic E-state index is 0.0621. The lowest BCUT2D eigenvalue weighted by molar-refractivity contribution is -0.387. The molecule has 108 valence electrons. The predicted octanol–water partition coefficient (Wildman–Crippen LogP) is 2.17. The summed E-state index contributed by atoms with van der Waals surface area (Å²) in [5, 5.41) is 19.7. The molecule has 1 aromatic carbocycles. The summed E-state index contributed by atoms with van der Waals surface area (Å²) in [6, 6.07) is 4.53. The van der Waals surface area contributed by atoms with E-state index in [-0.39, 0.29) is 11.6 Å². The Morgan fingerprint density at radius 1 is 1.50 bits per heavy atom. The highest BCUT2D eigenvalue weighted by Crippen LogP contribution is 2.30. The number of nitriles is 1. The normalized spacial score (nSPS) is 11.6. The first-order chi connectivity index (χ1) is 9.21. The summed E-state index contributed by atoms with van der Waals surface area (Å²) in [4.78, 5) is 9.68. The van der Waals surface area contributed by atoms with Gasteiger partial charge in [-0.3, -0.25) is 10.1 Å². The van der Waals surface area contributed by atoms with Crippen molar-refractivity contribution in [1.29, 1.82) is 5.26 Å². The van der Waals surface area contributed by atoms with Gasteiger partial charge in [0.25, 0.3) is 15.7 Å². The molecule has 0 saturated heterocycles. The second-order valence-electron chi connectivity index (χ2n) is 4.17. The highest BCUT2D eigenvalue weighted by atomic mass is 35.5. The zero-order valence-electron chi connectivity index (χ0n) is 10.8. The van der Waals surface area contributed by atoms with Crippen LogP contribution >= 0.6 is 11.6 Å². The molecule has 0 heterocycles. The summed E-state index contributed by atoms with van der Waals surface area (Å²) < 4.78 is 25.7. The van der Waals surface area contributed by atoms with Gasteiger partial charge in [-0.2, -0.15) is 9.57 Å². The van der Waals surface area contributed by atoms with Crippen molar-refractivity contribution in [2.45, 2.75) is 24.8 Å². The molecule has 0 aliphatic carbocycles. The average molecular weight is 318 g/mol. The Balaban J connectivity index is 3.50. The van der Waals surface area contributed by atoms with E-state index in [1.54, 1.807) is 19.9 Å². The van der Waals surface area contributed by atoms with Crippen molar-refractivity contribution < 1.29 is 13.3 Å². The number of rotatable bonds is 5. The van der Waals surface area contributed by atoms with Gasteiger partial charge in [0, 0.05) is 17.1 Å². The third-order valence-electron chi connectivity index (χ3n) is 2.51. The van der Waals surface area contributed by atoms with E-state index >= 15 is 0 Å². The maximum Gasteiger partial charge on any atom is 0.290 e. The van der Waals surface area contributed by atoms with Gasteiger partial charge in [0.05, 0.1) is 11.0 Å². The highest BCUT2D eigenvalue weighted by Gasteiger charge is 2.33. The van der Waals surface area contributed by atoms with E-state index in [1.807, 2.05) is 0 Å². The standard InChI is InChI=1S/C11H12ClN3O4S/c1-8(2)14(6-5-13)20(18,19)11-4-3-9(12)7-10(11)15(16)17/h3-4,7-8H,6H2,1-2H3. The molecular formula is C11H12ClN3O4S. The number of nitro benzene ring substituents is 1. The van der Waals surface area contributed by atoms with E-state index in [4.69, 9.17) is 16.9 Å². The van der Waals surface area contributed by atoms with Crippen LogP contribution in [-0.2, 0) is 10.0 Å². The van der Waals surface area contributed by atoms with Crippen molar-refractivity contribution in [2.75, 3.05) is 6.54 Å². The molecule has 0 amide bonds. The molecule has 0 fully saturated rings. The molecule has 7 nitrogen and oxygen atoms in total. The summed E-state index contributed by atoms with van der Waals surface area (Å²) in [6.45, 7) is 2.77. The maximum absolute atomic E-state index is 12.4. The van der Waals surface area contributed by atoms with Crippen LogP contribution in [0, 0.1) is 21.4 Å². The van der Waals surface area contributed by atoms with Gasteiger partial charge in [0.1, 0.15) is 6.54 Å². The van der Waals surface area contributed by atoms with Crippen molar-refractivity contribution >= 4 is 27.3 Å². The minimum atomic E-state index is -4.14. The van der Waals surface area contributed by atoms with Crippen molar-refractivity contribution in [3.8, 4) is 6.07 Å². The van der Waals surface area contributed by atoms with Gasteiger partial charge < -0.3 is 0 Å². The Labute approximate surface area is 121 Å². The number of hydrogen-bond acceptors (Lipinski definition) is 5. The molecule has 1 rings (SSSR count). The number of halogens is 1. The fourth-order valence-corrected chi connectivity index (χ4v) is 3.43. The zero-order chi connectivity index (χ0) is 15.5. The van der Waals surface area contributed by atoms with Gasteiger partial charge in [-0.25, -0.2) is 8.42 Å². The summed E-state index contributed by atoms with van der Waals surface area (Å²) in [5.74, 6) is 0. The highest BCUT2D eigenvalue weighted by molar-refractivity contribution is 7.89.